The zero-order valence-electron chi connectivity index (χ0n) is 10.6. The Morgan fingerprint density at radius 1 is 1.37 bits per heavy atom. The summed E-state index contributed by atoms with van der Waals surface area (Å²) in [6.45, 7) is 2.29. The molecule has 0 atom stereocenters. The number of hydrogen-bond acceptors (Lipinski definition) is 3. The molecule has 6 heteroatoms. The molecule has 1 aliphatic rings. The minimum Gasteiger partial charge on any atom is -0.328 e. The van der Waals surface area contributed by atoms with E-state index in [0.717, 1.165) is 35.2 Å². The molecule has 0 unspecified atom stereocenters. The fourth-order valence-corrected chi connectivity index (χ4v) is 2.59. The summed E-state index contributed by atoms with van der Waals surface area (Å²) in [4.78, 5) is 14.1. The topological polar surface area (TPSA) is 58.4 Å². The van der Waals surface area contributed by atoms with Gasteiger partial charge in [0.2, 0.25) is 5.91 Å². The number of rotatable bonds is 3. The van der Waals surface area contributed by atoms with Crippen molar-refractivity contribution in [3.8, 4) is 0 Å². The highest BCUT2D eigenvalue weighted by molar-refractivity contribution is 14.1. The number of nitrogens with zero attached hydrogens (tertiary/aromatic N) is 1. The highest BCUT2D eigenvalue weighted by Crippen LogP contribution is 2.17. The largest absolute Gasteiger partial charge is 0.328 e. The van der Waals surface area contributed by atoms with E-state index in [-0.39, 0.29) is 18.3 Å². The molecule has 1 aromatic carbocycles. The van der Waals surface area contributed by atoms with Crippen molar-refractivity contribution in [2.75, 3.05) is 25.0 Å². The van der Waals surface area contributed by atoms with Crippen LogP contribution < -0.4 is 11.1 Å². The van der Waals surface area contributed by atoms with Crippen molar-refractivity contribution in [1.82, 2.24) is 4.90 Å². The van der Waals surface area contributed by atoms with Crippen molar-refractivity contribution < 1.29 is 4.79 Å². The smallest absolute Gasteiger partial charge is 0.238 e. The van der Waals surface area contributed by atoms with Gasteiger partial charge in [0.25, 0.3) is 0 Å². The Hall–Kier alpha value is -0.370. The Labute approximate surface area is 133 Å². The van der Waals surface area contributed by atoms with Gasteiger partial charge in [-0.1, -0.05) is 12.1 Å². The van der Waals surface area contributed by atoms with Crippen molar-refractivity contribution in [2.24, 2.45) is 5.73 Å². The number of piperidine rings is 1. The van der Waals surface area contributed by atoms with Crippen molar-refractivity contribution in [2.45, 2.75) is 18.9 Å². The molecule has 0 radical (unpaired) electrons. The van der Waals surface area contributed by atoms with Gasteiger partial charge < -0.3 is 11.1 Å². The summed E-state index contributed by atoms with van der Waals surface area (Å²) in [7, 11) is 0. The maximum absolute atomic E-state index is 11.9. The van der Waals surface area contributed by atoms with Crippen molar-refractivity contribution in [3.63, 3.8) is 0 Å². The second-order valence-corrected chi connectivity index (χ2v) is 5.80. The van der Waals surface area contributed by atoms with Gasteiger partial charge >= 0.3 is 0 Å². The molecule has 0 saturated carbocycles. The van der Waals surface area contributed by atoms with Gasteiger partial charge in [-0.15, -0.1) is 12.4 Å². The van der Waals surface area contributed by atoms with Gasteiger partial charge in [-0.2, -0.15) is 0 Å². The van der Waals surface area contributed by atoms with Crippen LogP contribution in [0.4, 0.5) is 5.69 Å². The van der Waals surface area contributed by atoms with Crippen LogP contribution >= 0.6 is 35.0 Å². The molecular weight excluding hydrogens is 377 g/mol. The second kappa shape index (κ2) is 8.04. The van der Waals surface area contributed by atoms with Gasteiger partial charge in [0.15, 0.2) is 0 Å². The van der Waals surface area contributed by atoms with Crippen molar-refractivity contribution in [3.05, 3.63) is 27.8 Å². The van der Waals surface area contributed by atoms with E-state index in [9.17, 15) is 4.79 Å². The van der Waals surface area contributed by atoms with Crippen LogP contribution in [0.5, 0.6) is 0 Å². The fourth-order valence-electron chi connectivity index (χ4n) is 2.07. The maximum Gasteiger partial charge on any atom is 0.238 e. The predicted octanol–water partition coefficient (Wildman–Crippen LogP) is 2.07. The number of halogens is 2. The van der Waals surface area contributed by atoms with Gasteiger partial charge in [-0.05, 0) is 47.6 Å². The second-order valence-electron chi connectivity index (χ2n) is 4.64. The van der Waals surface area contributed by atoms with Gasteiger partial charge in [-0.25, -0.2) is 0 Å². The first-order valence-electron chi connectivity index (χ1n) is 6.17. The van der Waals surface area contributed by atoms with Gasteiger partial charge in [-0.3, -0.25) is 9.69 Å². The summed E-state index contributed by atoms with van der Waals surface area (Å²) < 4.78 is 1.06. The molecule has 1 heterocycles. The van der Waals surface area contributed by atoms with Crippen LogP contribution in [-0.2, 0) is 4.79 Å². The number of nitrogens with two attached hydrogens (primary N) is 1. The summed E-state index contributed by atoms with van der Waals surface area (Å²) in [5.41, 5.74) is 6.73. The Bertz CT molecular complexity index is 422. The molecule has 0 aromatic heterocycles. The zero-order chi connectivity index (χ0) is 13.0. The molecule has 3 N–H and O–H groups in total. The number of para-hydroxylation sites is 1. The normalized spacial score (nSPS) is 16.7. The lowest BCUT2D eigenvalue weighted by atomic mass is 10.1. The number of carbonyl (C=O) groups excluding carboxylic acids is 1. The summed E-state index contributed by atoms with van der Waals surface area (Å²) in [6, 6.07) is 8.10. The van der Waals surface area contributed by atoms with E-state index in [0.29, 0.717) is 12.6 Å². The third kappa shape index (κ3) is 5.25. The summed E-state index contributed by atoms with van der Waals surface area (Å²) in [6.07, 6.45) is 1.96. The predicted molar refractivity (Wildman–Crippen MR) is 88.7 cm³/mol. The third-order valence-electron chi connectivity index (χ3n) is 3.15. The molecular formula is C13H19ClIN3O. The third-order valence-corrected chi connectivity index (χ3v) is 4.09. The first kappa shape index (κ1) is 16.7. The molecule has 2 rings (SSSR count). The number of hydrogen-bond donors (Lipinski definition) is 2. The number of carbonyl (C=O) groups is 1. The Morgan fingerprint density at radius 3 is 2.63 bits per heavy atom. The van der Waals surface area contributed by atoms with E-state index in [2.05, 4.69) is 32.8 Å². The quantitative estimate of drug-likeness (QED) is 0.771. The van der Waals surface area contributed by atoms with Gasteiger partial charge in [0, 0.05) is 22.7 Å². The number of benzene rings is 1. The van der Waals surface area contributed by atoms with Crippen LogP contribution in [0.2, 0.25) is 0 Å². The first-order chi connectivity index (χ1) is 8.65. The van der Waals surface area contributed by atoms with Crippen LogP contribution in [0.15, 0.2) is 24.3 Å². The zero-order valence-corrected chi connectivity index (χ0v) is 13.6. The van der Waals surface area contributed by atoms with E-state index in [4.69, 9.17) is 5.73 Å². The summed E-state index contributed by atoms with van der Waals surface area (Å²) in [5.74, 6) is 0.0505. The Kier molecular flexibility index (Phi) is 7.06. The monoisotopic (exact) mass is 395 g/mol. The molecule has 0 bridgehead atoms. The maximum atomic E-state index is 11.9. The van der Waals surface area contributed by atoms with E-state index >= 15 is 0 Å². The molecule has 0 aliphatic carbocycles. The SMILES string of the molecule is Cl.NC1CCN(CC(=O)Nc2ccccc2I)CC1. The lowest BCUT2D eigenvalue weighted by molar-refractivity contribution is -0.117. The average molecular weight is 396 g/mol. The molecule has 1 aliphatic heterocycles. The number of likely N-dealkylation sites (tertiary alicyclic amines) is 1. The standard InChI is InChI=1S/C13H18IN3O.ClH/c14-11-3-1-2-4-12(11)16-13(18)9-17-7-5-10(15)6-8-17;/h1-4,10H,5-9,15H2,(H,16,18);1H. The summed E-state index contributed by atoms with van der Waals surface area (Å²) >= 11 is 2.22. The highest BCUT2D eigenvalue weighted by atomic mass is 127. The van der Waals surface area contributed by atoms with E-state index in [1.54, 1.807) is 0 Å². The first-order valence-corrected chi connectivity index (χ1v) is 7.25. The molecule has 0 spiro atoms. The van der Waals surface area contributed by atoms with Crippen LogP contribution in [0, 0.1) is 3.57 Å². The van der Waals surface area contributed by atoms with Crippen molar-refractivity contribution >= 4 is 46.6 Å². The van der Waals surface area contributed by atoms with E-state index < -0.39 is 0 Å². The van der Waals surface area contributed by atoms with E-state index in [1.165, 1.54) is 0 Å². The number of anilines is 1. The molecule has 1 fully saturated rings. The fraction of sp³-hybridized carbons (Fsp3) is 0.462. The molecule has 1 amide bonds. The molecule has 1 saturated heterocycles. The van der Waals surface area contributed by atoms with Crippen LogP contribution in [0.1, 0.15) is 12.8 Å². The van der Waals surface area contributed by atoms with Crippen molar-refractivity contribution in [1.29, 1.82) is 0 Å². The molecule has 1 aromatic rings. The Balaban J connectivity index is 0.00000180. The minimum atomic E-state index is 0. The van der Waals surface area contributed by atoms with E-state index in [1.807, 2.05) is 24.3 Å². The summed E-state index contributed by atoms with van der Waals surface area (Å²) in [5, 5.41) is 2.95. The Morgan fingerprint density at radius 2 is 2.00 bits per heavy atom. The van der Waals surface area contributed by atoms with Crippen LogP contribution in [0.25, 0.3) is 0 Å². The average Bonchev–Trinajstić information content (AvgIpc) is 2.35. The minimum absolute atomic E-state index is 0. The number of amides is 1. The molecule has 106 valence electrons. The number of nitrogens with one attached hydrogen (secondary N) is 1. The molecule has 19 heavy (non-hydrogen) atoms. The van der Waals surface area contributed by atoms with Gasteiger partial charge in [0.05, 0.1) is 12.2 Å². The lowest BCUT2D eigenvalue weighted by Crippen LogP contribution is -2.43. The highest BCUT2D eigenvalue weighted by Gasteiger charge is 2.18. The molecule has 4 nitrogen and oxygen atoms in total. The van der Waals surface area contributed by atoms with Gasteiger partial charge in [0.1, 0.15) is 0 Å². The van der Waals surface area contributed by atoms with Crippen LogP contribution in [-0.4, -0.2) is 36.5 Å². The van der Waals surface area contributed by atoms with Crippen LogP contribution in [0.3, 0.4) is 0 Å². The lowest BCUT2D eigenvalue weighted by Gasteiger charge is -2.29.